The van der Waals surface area contributed by atoms with Gasteiger partial charge in [-0.1, -0.05) is 35.1 Å². The van der Waals surface area contributed by atoms with Gasteiger partial charge < -0.3 is 10.6 Å². The van der Waals surface area contributed by atoms with Gasteiger partial charge in [0, 0.05) is 5.69 Å². The maximum atomic E-state index is 13.6. The molecule has 2 aromatic carbocycles. The van der Waals surface area contributed by atoms with Gasteiger partial charge in [0.05, 0.1) is 6.20 Å². The Morgan fingerprint density at radius 1 is 1.08 bits per heavy atom. The lowest BCUT2D eigenvalue weighted by Crippen LogP contribution is -2.15. The molecule has 0 bridgehead atoms. The van der Waals surface area contributed by atoms with E-state index in [-0.39, 0.29) is 0 Å². The topological polar surface area (TPSA) is 54.0 Å². The second kappa shape index (κ2) is 6.76. The molecule has 3 rings (SSSR count). The molecule has 1 heterocycles. The molecule has 0 fully saturated rings. The van der Waals surface area contributed by atoms with Gasteiger partial charge in [0.2, 0.25) is 0 Å². The van der Waals surface area contributed by atoms with Crippen molar-refractivity contribution >= 4 is 33.1 Å². The molecule has 7 heteroatoms. The minimum atomic E-state index is -0.907. The van der Waals surface area contributed by atoms with Crippen molar-refractivity contribution in [3.8, 4) is 0 Å². The number of aryl methyl sites for hydroxylation is 1. The van der Waals surface area contributed by atoms with Gasteiger partial charge in [-0.25, -0.2) is 13.8 Å². The van der Waals surface area contributed by atoms with E-state index in [9.17, 15) is 13.6 Å². The number of nitrogens with one attached hydrogen (secondary N) is 2. The summed E-state index contributed by atoms with van der Waals surface area (Å²) in [5.74, 6) is -2.67. The van der Waals surface area contributed by atoms with Crippen LogP contribution in [0.15, 0.2) is 48.7 Å². The van der Waals surface area contributed by atoms with Crippen LogP contribution in [0.1, 0.15) is 15.9 Å². The Morgan fingerprint density at radius 2 is 1.75 bits per heavy atom. The molecule has 1 aromatic heterocycles. The number of halogens is 2. The molecule has 0 aliphatic heterocycles. The number of benzene rings is 2. The highest BCUT2D eigenvalue weighted by Gasteiger charge is 2.18. The summed E-state index contributed by atoms with van der Waals surface area (Å²) in [6.45, 7) is 1.99. The van der Waals surface area contributed by atoms with E-state index < -0.39 is 23.1 Å². The van der Waals surface area contributed by atoms with E-state index in [1.54, 1.807) is 0 Å². The molecule has 24 heavy (non-hydrogen) atoms. The van der Waals surface area contributed by atoms with Crippen LogP contribution >= 0.6 is 11.3 Å². The van der Waals surface area contributed by atoms with Crippen LogP contribution in [0.5, 0.6) is 0 Å². The highest BCUT2D eigenvalue weighted by molar-refractivity contribution is 7.19. The van der Waals surface area contributed by atoms with E-state index in [1.807, 2.05) is 31.2 Å². The van der Waals surface area contributed by atoms with Gasteiger partial charge in [-0.15, -0.1) is 0 Å². The number of hydrogen-bond acceptors (Lipinski definition) is 4. The normalized spacial score (nSPS) is 10.5. The number of nitrogens with zero attached hydrogens (tertiary/aromatic N) is 1. The summed E-state index contributed by atoms with van der Waals surface area (Å²) in [4.78, 5) is 16.2. The van der Waals surface area contributed by atoms with E-state index in [0.717, 1.165) is 23.4 Å². The van der Waals surface area contributed by atoms with Gasteiger partial charge in [0.15, 0.2) is 5.13 Å². The summed E-state index contributed by atoms with van der Waals surface area (Å²) in [5.41, 5.74) is 1.38. The minimum Gasteiger partial charge on any atom is -0.331 e. The van der Waals surface area contributed by atoms with E-state index in [0.29, 0.717) is 10.1 Å². The maximum Gasteiger partial charge on any atom is 0.262 e. The number of hydrogen-bond donors (Lipinski definition) is 2. The van der Waals surface area contributed by atoms with Crippen molar-refractivity contribution in [1.82, 2.24) is 4.98 Å². The third-order valence-electron chi connectivity index (χ3n) is 3.24. The van der Waals surface area contributed by atoms with Crippen LogP contribution in [0.4, 0.5) is 24.6 Å². The fraction of sp³-hybridized carbons (Fsp3) is 0.0588. The van der Waals surface area contributed by atoms with Crippen molar-refractivity contribution in [3.05, 3.63) is 71.4 Å². The zero-order chi connectivity index (χ0) is 17.1. The smallest absolute Gasteiger partial charge is 0.262 e. The average molecular weight is 345 g/mol. The number of aromatic nitrogens is 1. The van der Waals surface area contributed by atoms with Crippen LogP contribution in [0.2, 0.25) is 0 Å². The van der Waals surface area contributed by atoms with Crippen LogP contribution in [0, 0.1) is 18.6 Å². The number of carbonyl (C=O) groups excluding carboxylic acids is 1. The number of anilines is 3. The first-order valence-corrected chi connectivity index (χ1v) is 7.89. The third kappa shape index (κ3) is 3.57. The van der Waals surface area contributed by atoms with Crippen molar-refractivity contribution in [2.75, 3.05) is 10.6 Å². The van der Waals surface area contributed by atoms with Crippen molar-refractivity contribution in [3.63, 3.8) is 0 Å². The molecule has 0 unspecified atom stereocenters. The molecule has 1 amide bonds. The van der Waals surface area contributed by atoms with Crippen molar-refractivity contribution in [2.45, 2.75) is 6.92 Å². The lowest BCUT2D eigenvalue weighted by molar-refractivity contribution is 0.101. The van der Waals surface area contributed by atoms with E-state index in [4.69, 9.17) is 0 Å². The second-order valence-corrected chi connectivity index (χ2v) is 6.10. The van der Waals surface area contributed by atoms with Gasteiger partial charge >= 0.3 is 0 Å². The summed E-state index contributed by atoms with van der Waals surface area (Å²) in [7, 11) is 0. The van der Waals surface area contributed by atoms with Gasteiger partial charge in [-0.05, 0) is 31.2 Å². The fourth-order valence-corrected chi connectivity index (χ4v) is 2.77. The molecule has 0 aliphatic carbocycles. The van der Waals surface area contributed by atoms with Gasteiger partial charge in [0.1, 0.15) is 22.2 Å². The number of rotatable bonds is 4. The second-order valence-electron chi connectivity index (χ2n) is 5.07. The predicted octanol–water partition coefficient (Wildman–Crippen LogP) is 4.73. The van der Waals surface area contributed by atoms with Gasteiger partial charge in [0.25, 0.3) is 5.91 Å². The van der Waals surface area contributed by atoms with Gasteiger partial charge in [-0.2, -0.15) is 0 Å². The Bertz CT molecular complexity index is 858. The first-order chi connectivity index (χ1) is 11.5. The van der Waals surface area contributed by atoms with E-state index >= 15 is 0 Å². The zero-order valence-corrected chi connectivity index (χ0v) is 13.5. The quantitative estimate of drug-likeness (QED) is 0.719. The SMILES string of the molecule is Cc1ccc(Nc2ncc(NC(=O)c3c(F)cccc3F)s2)cc1. The largest absolute Gasteiger partial charge is 0.331 e. The average Bonchev–Trinajstić information content (AvgIpc) is 2.96. The molecular weight excluding hydrogens is 332 g/mol. The van der Waals surface area contributed by atoms with Crippen LogP contribution in [-0.2, 0) is 0 Å². The molecule has 0 aliphatic rings. The molecule has 4 nitrogen and oxygen atoms in total. The molecule has 122 valence electrons. The Hall–Kier alpha value is -2.80. The molecule has 2 N–H and O–H groups in total. The number of carbonyl (C=O) groups is 1. The van der Waals surface area contributed by atoms with E-state index in [1.165, 1.54) is 23.6 Å². The Morgan fingerprint density at radius 3 is 2.42 bits per heavy atom. The van der Waals surface area contributed by atoms with E-state index in [2.05, 4.69) is 15.6 Å². The fourth-order valence-electron chi connectivity index (χ4n) is 2.04. The molecule has 0 saturated heterocycles. The van der Waals surface area contributed by atoms with Crippen LogP contribution in [-0.4, -0.2) is 10.9 Å². The first-order valence-electron chi connectivity index (χ1n) is 7.08. The molecule has 0 atom stereocenters. The summed E-state index contributed by atoms with van der Waals surface area (Å²) in [5, 5.41) is 6.49. The standard InChI is InChI=1S/C17H13F2N3OS/c1-10-5-7-11(8-6-10)21-17-20-9-14(24-17)22-16(23)15-12(18)3-2-4-13(15)19/h2-9H,1H3,(H,20,21)(H,22,23). The summed E-state index contributed by atoms with van der Waals surface area (Å²) in [6, 6.07) is 11.0. The number of amides is 1. The summed E-state index contributed by atoms with van der Waals surface area (Å²) < 4.78 is 27.2. The predicted molar refractivity (Wildman–Crippen MR) is 90.9 cm³/mol. The molecule has 0 radical (unpaired) electrons. The Balaban J connectivity index is 1.72. The number of thiazole rings is 1. The lowest BCUT2D eigenvalue weighted by Gasteiger charge is -2.04. The third-order valence-corrected chi connectivity index (χ3v) is 4.06. The van der Waals surface area contributed by atoms with Crippen molar-refractivity contribution in [1.29, 1.82) is 0 Å². The summed E-state index contributed by atoms with van der Waals surface area (Å²) >= 11 is 1.17. The van der Waals surface area contributed by atoms with Crippen molar-refractivity contribution < 1.29 is 13.6 Å². The zero-order valence-electron chi connectivity index (χ0n) is 12.6. The Kier molecular flexibility index (Phi) is 4.52. The lowest BCUT2D eigenvalue weighted by atomic mass is 10.2. The summed E-state index contributed by atoms with van der Waals surface area (Å²) in [6.07, 6.45) is 1.43. The molecule has 0 saturated carbocycles. The van der Waals surface area contributed by atoms with Crippen LogP contribution in [0.3, 0.4) is 0 Å². The molecular formula is C17H13F2N3OS. The first kappa shape index (κ1) is 16.1. The minimum absolute atomic E-state index is 0.386. The Labute approximate surface area is 141 Å². The highest BCUT2D eigenvalue weighted by Crippen LogP contribution is 2.27. The molecule has 3 aromatic rings. The highest BCUT2D eigenvalue weighted by atomic mass is 32.1. The van der Waals surface area contributed by atoms with Crippen LogP contribution in [0.25, 0.3) is 0 Å². The van der Waals surface area contributed by atoms with Crippen molar-refractivity contribution in [2.24, 2.45) is 0 Å². The monoisotopic (exact) mass is 345 g/mol. The van der Waals surface area contributed by atoms with Crippen LogP contribution < -0.4 is 10.6 Å². The molecule has 0 spiro atoms. The van der Waals surface area contributed by atoms with Gasteiger partial charge in [-0.3, -0.25) is 4.79 Å². The maximum absolute atomic E-state index is 13.6.